The molecule has 6 aromatic carbocycles. The molecule has 0 spiro atoms. The summed E-state index contributed by atoms with van der Waals surface area (Å²) in [5, 5.41) is 6.15. The highest BCUT2D eigenvalue weighted by atomic mass is 32.2. The topological polar surface area (TPSA) is 28.3 Å². The van der Waals surface area contributed by atoms with Crippen molar-refractivity contribution in [3.63, 3.8) is 0 Å². The second kappa shape index (κ2) is 9.89. The van der Waals surface area contributed by atoms with Crippen molar-refractivity contribution in [3.8, 4) is 22.5 Å². The summed E-state index contributed by atoms with van der Waals surface area (Å²) in [4.78, 5) is 2.52. The van der Waals surface area contributed by atoms with Gasteiger partial charge in [-0.3, -0.25) is 9.13 Å². The van der Waals surface area contributed by atoms with Crippen LogP contribution >= 0.6 is 11.8 Å². The van der Waals surface area contributed by atoms with Crippen LogP contribution in [0.2, 0.25) is 0 Å². The van der Waals surface area contributed by atoms with E-state index in [1.54, 1.807) is 0 Å². The van der Waals surface area contributed by atoms with Crippen LogP contribution in [-0.4, -0.2) is 27.5 Å². The van der Waals surface area contributed by atoms with E-state index in [0.717, 1.165) is 22.3 Å². The molecule has 2 aromatic heterocycles. The summed E-state index contributed by atoms with van der Waals surface area (Å²) in [5.41, 5.74) is 8.47. The third-order valence-electron chi connectivity index (χ3n) is 10.8. The Morgan fingerprint density at radius 2 is 1.25 bits per heavy atom. The first kappa shape index (κ1) is 28.3. The molecule has 2 aliphatic rings. The fourth-order valence-electron chi connectivity index (χ4n) is 7.74. The molecule has 232 valence electrons. The average molecular weight is 641 g/mol. The molecule has 0 N–H and O–H groups in total. The van der Waals surface area contributed by atoms with Gasteiger partial charge >= 0.3 is 7.12 Å². The van der Waals surface area contributed by atoms with Gasteiger partial charge in [0.15, 0.2) is 0 Å². The van der Waals surface area contributed by atoms with Gasteiger partial charge in [-0.25, -0.2) is 0 Å². The zero-order valence-electron chi connectivity index (χ0n) is 27.3. The maximum absolute atomic E-state index is 6.72. The van der Waals surface area contributed by atoms with Crippen molar-refractivity contribution in [2.45, 2.75) is 48.7 Å². The van der Waals surface area contributed by atoms with Crippen LogP contribution in [0.25, 0.3) is 66.1 Å². The van der Waals surface area contributed by atoms with Crippen molar-refractivity contribution in [3.05, 3.63) is 127 Å². The standard InChI is InChI=1S/C42H33BN2O2S/c1-41(2)42(3,4)47-43(46-41)32-17-11-19-34-38(32)37-31-16-10-21-36-39(31)45(33-18-7-8-20-35(33)48-36)40(37)44(34)28-24-22-27(23-25-28)30-15-9-13-26-12-5-6-14-29(26)30/h5-25H,1-4H3. The molecule has 4 heterocycles. The molecule has 0 unspecified atom stereocenters. The van der Waals surface area contributed by atoms with Gasteiger partial charge in [-0.1, -0.05) is 103 Å². The summed E-state index contributed by atoms with van der Waals surface area (Å²) in [6.07, 6.45) is 0. The number of rotatable bonds is 3. The molecule has 1 fully saturated rings. The smallest absolute Gasteiger partial charge is 0.399 e. The van der Waals surface area contributed by atoms with Crippen LogP contribution in [0.4, 0.5) is 0 Å². The number of para-hydroxylation sites is 2. The maximum atomic E-state index is 6.72. The predicted octanol–water partition coefficient (Wildman–Crippen LogP) is 10.3. The molecule has 0 saturated carbocycles. The fraction of sp³-hybridized carbons (Fsp3) is 0.143. The summed E-state index contributed by atoms with van der Waals surface area (Å²) in [5.74, 6) is 0. The molecule has 10 rings (SSSR count). The van der Waals surface area contributed by atoms with Gasteiger partial charge in [0.2, 0.25) is 0 Å². The maximum Gasteiger partial charge on any atom is 0.495 e. The zero-order chi connectivity index (χ0) is 32.4. The molecule has 48 heavy (non-hydrogen) atoms. The molecule has 0 aliphatic carbocycles. The Labute approximate surface area is 284 Å². The van der Waals surface area contributed by atoms with Crippen LogP contribution < -0.4 is 5.46 Å². The van der Waals surface area contributed by atoms with Crippen molar-refractivity contribution in [1.82, 2.24) is 9.13 Å². The van der Waals surface area contributed by atoms with Crippen molar-refractivity contribution < 1.29 is 9.31 Å². The summed E-state index contributed by atoms with van der Waals surface area (Å²) in [7, 11) is -0.486. The van der Waals surface area contributed by atoms with Crippen molar-refractivity contribution in [2.24, 2.45) is 0 Å². The van der Waals surface area contributed by atoms with Gasteiger partial charge in [-0.2, -0.15) is 0 Å². The molecule has 6 heteroatoms. The molecular formula is C42H33BN2O2S. The lowest BCUT2D eigenvalue weighted by Crippen LogP contribution is -2.41. The van der Waals surface area contributed by atoms with Crippen molar-refractivity contribution >= 4 is 68.0 Å². The van der Waals surface area contributed by atoms with Gasteiger partial charge in [0.25, 0.3) is 0 Å². The van der Waals surface area contributed by atoms with Gasteiger partial charge < -0.3 is 9.31 Å². The van der Waals surface area contributed by atoms with E-state index in [1.165, 1.54) is 59.1 Å². The van der Waals surface area contributed by atoms with E-state index in [9.17, 15) is 0 Å². The highest BCUT2D eigenvalue weighted by Gasteiger charge is 2.52. The molecule has 0 amide bonds. The van der Waals surface area contributed by atoms with Crippen LogP contribution in [-0.2, 0) is 9.31 Å². The number of fused-ring (bicyclic) bond motifs is 8. The first-order valence-corrected chi connectivity index (χ1v) is 17.4. The van der Waals surface area contributed by atoms with Crippen molar-refractivity contribution in [1.29, 1.82) is 0 Å². The Hall–Kier alpha value is -4.75. The van der Waals surface area contributed by atoms with E-state index in [2.05, 4.69) is 164 Å². The van der Waals surface area contributed by atoms with Gasteiger partial charge in [0.05, 0.1) is 27.9 Å². The second-order valence-electron chi connectivity index (χ2n) is 14.0. The van der Waals surface area contributed by atoms with Gasteiger partial charge in [0.1, 0.15) is 5.65 Å². The lowest BCUT2D eigenvalue weighted by molar-refractivity contribution is 0.00578. The second-order valence-corrected chi connectivity index (χ2v) is 15.1. The zero-order valence-corrected chi connectivity index (χ0v) is 28.1. The number of benzene rings is 6. The van der Waals surface area contributed by atoms with Crippen LogP contribution in [0, 0.1) is 0 Å². The van der Waals surface area contributed by atoms with E-state index in [4.69, 9.17) is 9.31 Å². The lowest BCUT2D eigenvalue weighted by atomic mass is 9.76. The fourth-order valence-corrected chi connectivity index (χ4v) is 8.83. The normalized spacial score (nSPS) is 16.4. The largest absolute Gasteiger partial charge is 0.495 e. The molecule has 1 saturated heterocycles. The Morgan fingerprint density at radius 3 is 2.08 bits per heavy atom. The van der Waals surface area contributed by atoms with Crippen LogP contribution in [0.1, 0.15) is 27.7 Å². The number of nitrogens with zero attached hydrogens (tertiary/aromatic N) is 2. The first-order chi connectivity index (χ1) is 23.3. The number of hydrogen-bond acceptors (Lipinski definition) is 3. The minimum atomic E-state index is -0.486. The Morgan fingerprint density at radius 1 is 0.583 bits per heavy atom. The van der Waals surface area contributed by atoms with E-state index in [0.29, 0.717) is 0 Å². The Balaban J connectivity index is 1.29. The predicted molar refractivity (Wildman–Crippen MR) is 200 cm³/mol. The van der Waals surface area contributed by atoms with E-state index in [1.807, 2.05) is 11.8 Å². The molecular weight excluding hydrogens is 607 g/mol. The van der Waals surface area contributed by atoms with Crippen LogP contribution in [0.3, 0.4) is 0 Å². The minimum Gasteiger partial charge on any atom is -0.399 e. The Bertz CT molecular complexity index is 2590. The van der Waals surface area contributed by atoms with Crippen LogP contribution in [0.5, 0.6) is 0 Å². The van der Waals surface area contributed by atoms with E-state index in [-0.39, 0.29) is 0 Å². The lowest BCUT2D eigenvalue weighted by Gasteiger charge is -2.32. The molecule has 4 nitrogen and oxygen atoms in total. The molecule has 0 radical (unpaired) electrons. The Kier molecular flexibility index (Phi) is 5.83. The molecule has 0 atom stereocenters. The summed E-state index contributed by atoms with van der Waals surface area (Å²) >= 11 is 1.85. The minimum absolute atomic E-state index is 0.446. The molecule has 0 bridgehead atoms. The highest BCUT2D eigenvalue weighted by Crippen LogP contribution is 2.49. The van der Waals surface area contributed by atoms with E-state index < -0.39 is 18.3 Å². The number of hydrogen-bond donors (Lipinski definition) is 0. The van der Waals surface area contributed by atoms with Crippen molar-refractivity contribution in [2.75, 3.05) is 0 Å². The summed E-state index contributed by atoms with van der Waals surface area (Å²) in [6.45, 7) is 8.50. The third-order valence-corrected chi connectivity index (χ3v) is 11.9. The molecule has 2 aliphatic heterocycles. The number of aromatic nitrogens is 2. The SMILES string of the molecule is CC1(C)OB(c2cccc3c2c2c4cccc5c4n(c2n3-c2ccc(-c3cccc4ccccc34)cc2)-c2ccccc2S5)OC1(C)C. The van der Waals surface area contributed by atoms with Gasteiger partial charge in [-0.15, -0.1) is 0 Å². The quantitative estimate of drug-likeness (QED) is 0.180. The molecule has 8 aromatic rings. The average Bonchev–Trinajstić information content (AvgIpc) is 3.69. The summed E-state index contributed by atoms with van der Waals surface area (Å²) < 4.78 is 18.4. The van der Waals surface area contributed by atoms with Gasteiger partial charge in [-0.05, 0) is 91.5 Å². The first-order valence-electron chi connectivity index (χ1n) is 16.6. The highest BCUT2D eigenvalue weighted by molar-refractivity contribution is 7.99. The van der Waals surface area contributed by atoms with Gasteiger partial charge in [0, 0.05) is 31.6 Å². The third kappa shape index (κ3) is 3.82. The van der Waals surface area contributed by atoms with E-state index >= 15 is 0 Å². The summed E-state index contributed by atoms with van der Waals surface area (Å²) in [6, 6.07) is 46.3. The van der Waals surface area contributed by atoms with Crippen LogP contribution in [0.15, 0.2) is 137 Å². The monoisotopic (exact) mass is 640 g/mol.